The van der Waals surface area contributed by atoms with Crippen molar-refractivity contribution < 1.29 is 9.66 Å². The minimum Gasteiger partial charge on any atom is -0.383 e. The maximum atomic E-state index is 10.6. The predicted molar refractivity (Wildman–Crippen MR) is 71.2 cm³/mol. The van der Waals surface area contributed by atoms with Gasteiger partial charge in [0.2, 0.25) is 0 Å². The van der Waals surface area contributed by atoms with Gasteiger partial charge >= 0.3 is 0 Å². The Morgan fingerprint density at radius 1 is 1.56 bits per heavy atom. The van der Waals surface area contributed by atoms with Crippen LogP contribution in [0.5, 0.6) is 0 Å². The Bertz CT molecular complexity index is 412. The van der Waals surface area contributed by atoms with Crippen LogP contribution in [-0.2, 0) is 11.2 Å². The number of nitrogens with one attached hydrogen (secondary N) is 1. The summed E-state index contributed by atoms with van der Waals surface area (Å²) < 4.78 is 5.08. The number of aryl methyl sites for hydroxylation is 1. The molecule has 0 aliphatic rings. The SMILES string of the molecule is CNC(CCc1ccc([N+](=O)[O-])cc1Cl)COC. The number of non-ortho nitro benzene ring substituents is 1. The molecule has 1 rings (SSSR count). The van der Waals surface area contributed by atoms with Crippen molar-refractivity contribution in [3.8, 4) is 0 Å². The first-order chi connectivity index (χ1) is 8.58. The summed E-state index contributed by atoms with van der Waals surface area (Å²) in [6.45, 7) is 0.626. The third-order valence-electron chi connectivity index (χ3n) is 2.79. The van der Waals surface area contributed by atoms with Crippen LogP contribution in [0.15, 0.2) is 18.2 Å². The molecule has 0 aromatic heterocycles. The van der Waals surface area contributed by atoms with Crippen molar-refractivity contribution in [2.45, 2.75) is 18.9 Å². The highest BCUT2D eigenvalue weighted by Gasteiger charge is 2.11. The number of rotatable bonds is 7. The summed E-state index contributed by atoms with van der Waals surface area (Å²) in [6.07, 6.45) is 1.62. The van der Waals surface area contributed by atoms with E-state index in [9.17, 15) is 10.1 Å². The van der Waals surface area contributed by atoms with Crippen LogP contribution in [0.4, 0.5) is 5.69 Å². The first-order valence-electron chi connectivity index (χ1n) is 5.67. The molecule has 0 saturated heterocycles. The van der Waals surface area contributed by atoms with Crippen LogP contribution in [0.1, 0.15) is 12.0 Å². The van der Waals surface area contributed by atoms with Gasteiger partial charge in [0, 0.05) is 25.3 Å². The van der Waals surface area contributed by atoms with Crippen LogP contribution in [0.3, 0.4) is 0 Å². The maximum absolute atomic E-state index is 10.6. The molecule has 100 valence electrons. The van der Waals surface area contributed by atoms with Crippen LogP contribution in [0, 0.1) is 10.1 Å². The van der Waals surface area contributed by atoms with Gasteiger partial charge in [0.15, 0.2) is 0 Å². The van der Waals surface area contributed by atoms with E-state index in [1.54, 1.807) is 13.2 Å². The summed E-state index contributed by atoms with van der Waals surface area (Å²) in [7, 11) is 3.53. The van der Waals surface area contributed by atoms with Gasteiger partial charge in [0.05, 0.1) is 16.6 Å². The van der Waals surface area contributed by atoms with Crippen molar-refractivity contribution in [2.75, 3.05) is 20.8 Å². The van der Waals surface area contributed by atoms with Gasteiger partial charge in [-0.25, -0.2) is 0 Å². The largest absolute Gasteiger partial charge is 0.383 e. The van der Waals surface area contributed by atoms with Gasteiger partial charge in [-0.15, -0.1) is 0 Å². The number of nitrogens with zero attached hydrogens (tertiary/aromatic N) is 1. The molecule has 1 aromatic rings. The number of nitro benzene ring substituents is 1. The molecular formula is C12H17ClN2O3. The number of hydrogen-bond donors (Lipinski definition) is 1. The average Bonchev–Trinajstić information content (AvgIpc) is 2.35. The molecule has 1 N–H and O–H groups in total. The molecule has 0 radical (unpaired) electrons. The highest BCUT2D eigenvalue weighted by Crippen LogP contribution is 2.23. The first kappa shape index (κ1) is 14.9. The lowest BCUT2D eigenvalue weighted by Crippen LogP contribution is -2.30. The molecule has 0 aliphatic heterocycles. The Morgan fingerprint density at radius 2 is 2.28 bits per heavy atom. The van der Waals surface area contributed by atoms with E-state index < -0.39 is 4.92 Å². The van der Waals surface area contributed by atoms with Gasteiger partial charge in [-0.3, -0.25) is 10.1 Å². The van der Waals surface area contributed by atoms with Crippen molar-refractivity contribution in [1.29, 1.82) is 0 Å². The van der Waals surface area contributed by atoms with Crippen molar-refractivity contribution in [3.63, 3.8) is 0 Å². The molecule has 0 amide bonds. The summed E-state index contributed by atoms with van der Waals surface area (Å²) >= 11 is 6.02. The molecule has 1 atom stereocenters. The molecule has 0 heterocycles. The standard InChI is InChI=1S/C12H17ClN2O3/c1-14-10(8-18-2)5-3-9-4-6-11(15(16)17)7-12(9)13/h4,6-7,10,14H,3,5,8H2,1-2H3. The summed E-state index contributed by atoms with van der Waals surface area (Å²) in [5.74, 6) is 0. The number of nitro groups is 1. The zero-order chi connectivity index (χ0) is 13.5. The minimum absolute atomic E-state index is 0.0193. The van der Waals surface area contributed by atoms with Crippen LogP contribution in [0.25, 0.3) is 0 Å². The Balaban J connectivity index is 2.65. The molecule has 0 fully saturated rings. The fraction of sp³-hybridized carbons (Fsp3) is 0.500. The summed E-state index contributed by atoms with van der Waals surface area (Å²) in [5.41, 5.74) is 0.935. The molecule has 6 heteroatoms. The molecule has 0 spiro atoms. The lowest BCUT2D eigenvalue weighted by Gasteiger charge is -2.15. The quantitative estimate of drug-likeness (QED) is 0.611. The number of likely N-dealkylation sites (N-methyl/N-ethyl adjacent to an activating group) is 1. The number of hydrogen-bond acceptors (Lipinski definition) is 4. The Kier molecular flexibility index (Phi) is 6.04. The van der Waals surface area contributed by atoms with E-state index in [1.165, 1.54) is 12.1 Å². The van der Waals surface area contributed by atoms with Gasteiger partial charge in [0.1, 0.15) is 0 Å². The van der Waals surface area contributed by atoms with Crippen molar-refractivity contribution in [3.05, 3.63) is 38.9 Å². The van der Waals surface area contributed by atoms with E-state index in [0.717, 1.165) is 18.4 Å². The smallest absolute Gasteiger partial charge is 0.270 e. The van der Waals surface area contributed by atoms with Gasteiger partial charge in [0.25, 0.3) is 5.69 Å². The number of benzene rings is 1. The van der Waals surface area contributed by atoms with Crippen LogP contribution in [-0.4, -0.2) is 31.7 Å². The zero-order valence-electron chi connectivity index (χ0n) is 10.5. The summed E-state index contributed by atoms with van der Waals surface area (Å²) in [5, 5.41) is 14.2. The molecular weight excluding hydrogens is 256 g/mol. The average molecular weight is 273 g/mol. The topological polar surface area (TPSA) is 64.4 Å². The van der Waals surface area contributed by atoms with Crippen molar-refractivity contribution in [1.82, 2.24) is 5.32 Å². The zero-order valence-corrected chi connectivity index (χ0v) is 11.2. The van der Waals surface area contributed by atoms with Gasteiger partial charge in [-0.1, -0.05) is 17.7 Å². The lowest BCUT2D eigenvalue weighted by molar-refractivity contribution is -0.384. The molecule has 0 bridgehead atoms. The van der Waals surface area contributed by atoms with E-state index in [-0.39, 0.29) is 11.7 Å². The van der Waals surface area contributed by atoms with Crippen molar-refractivity contribution in [2.24, 2.45) is 0 Å². The Labute approximate surface area is 111 Å². The second-order valence-corrected chi connectivity index (χ2v) is 4.42. The third kappa shape index (κ3) is 4.25. The van der Waals surface area contributed by atoms with E-state index in [1.807, 2.05) is 7.05 Å². The molecule has 1 aromatic carbocycles. The second-order valence-electron chi connectivity index (χ2n) is 4.01. The number of methoxy groups -OCH3 is 1. The van der Waals surface area contributed by atoms with E-state index in [4.69, 9.17) is 16.3 Å². The molecule has 0 aliphatic carbocycles. The van der Waals surface area contributed by atoms with E-state index in [0.29, 0.717) is 11.6 Å². The molecule has 18 heavy (non-hydrogen) atoms. The maximum Gasteiger partial charge on any atom is 0.270 e. The summed E-state index contributed by atoms with van der Waals surface area (Å²) in [6, 6.07) is 4.83. The number of ether oxygens (including phenoxy) is 1. The van der Waals surface area contributed by atoms with Gasteiger partial charge in [-0.05, 0) is 25.5 Å². The monoisotopic (exact) mass is 272 g/mol. The van der Waals surface area contributed by atoms with Crippen molar-refractivity contribution >= 4 is 17.3 Å². The first-order valence-corrected chi connectivity index (χ1v) is 6.05. The van der Waals surface area contributed by atoms with Crippen LogP contribution < -0.4 is 5.32 Å². The van der Waals surface area contributed by atoms with E-state index >= 15 is 0 Å². The minimum atomic E-state index is -0.447. The van der Waals surface area contributed by atoms with Gasteiger partial charge < -0.3 is 10.1 Å². The lowest BCUT2D eigenvalue weighted by atomic mass is 10.1. The Hall–Kier alpha value is -1.17. The molecule has 0 saturated carbocycles. The molecule has 5 nitrogen and oxygen atoms in total. The third-order valence-corrected chi connectivity index (χ3v) is 3.14. The predicted octanol–water partition coefficient (Wildman–Crippen LogP) is 2.42. The summed E-state index contributed by atoms with van der Waals surface area (Å²) in [4.78, 5) is 10.1. The van der Waals surface area contributed by atoms with Crippen LogP contribution >= 0.6 is 11.6 Å². The normalized spacial score (nSPS) is 12.4. The second kappa shape index (κ2) is 7.31. The van der Waals surface area contributed by atoms with Gasteiger partial charge in [-0.2, -0.15) is 0 Å². The fourth-order valence-corrected chi connectivity index (χ4v) is 1.96. The highest BCUT2D eigenvalue weighted by atomic mass is 35.5. The number of halogens is 1. The molecule has 1 unspecified atom stereocenters. The van der Waals surface area contributed by atoms with E-state index in [2.05, 4.69) is 5.32 Å². The Morgan fingerprint density at radius 3 is 2.78 bits per heavy atom. The van der Waals surface area contributed by atoms with Crippen LogP contribution in [0.2, 0.25) is 5.02 Å². The fourth-order valence-electron chi connectivity index (χ4n) is 1.69. The highest BCUT2D eigenvalue weighted by molar-refractivity contribution is 6.31.